The minimum absolute atomic E-state index is 0.0209. The number of methoxy groups -OCH3 is 1. The third-order valence-corrected chi connectivity index (χ3v) is 6.38. The van der Waals surface area contributed by atoms with Crippen LogP contribution in [0.1, 0.15) is 30.9 Å². The second-order valence-corrected chi connectivity index (χ2v) is 8.92. The van der Waals surface area contributed by atoms with Gasteiger partial charge in [-0.05, 0) is 42.7 Å². The van der Waals surface area contributed by atoms with E-state index in [0.29, 0.717) is 24.3 Å². The molecule has 0 bridgehead atoms. The van der Waals surface area contributed by atoms with Crippen molar-refractivity contribution in [2.24, 2.45) is 0 Å². The van der Waals surface area contributed by atoms with Gasteiger partial charge in [0.25, 0.3) is 0 Å². The molecule has 36 heavy (non-hydrogen) atoms. The van der Waals surface area contributed by atoms with Gasteiger partial charge in [-0.1, -0.05) is 60.7 Å². The minimum atomic E-state index is -0.248. The van der Waals surface area contributed by atoms with E-state index < -0.39 is 0 Å². The lowest BCUT2D eigenvalue weighted by atomic mass is 10.0. The molecule has 1 N–H and O–H groups in total. The van der Waals surface area contributed by atoms with Crippen LogP contribution in [-0.4, -0.2) is 42.3 Å². The van der Waals surface area contributed by atoms with Crippen molar-refractivity contribution in [3.05, 3.63) is 90.0 Å². The van der Waals surface area contributed by atoms with E-state index in [1.165, 1.54) is 4.90 Å². The minimum Gasteiger partial charge on any atom is -0.496 e. The topological polar surface area (TPSA) is 79.0 Å². The van der Waals surface area contributed by atoms with E-state index in [0.717, 1.165) is 16.9 Å². The Balaban J connectivity index is 1.48. The molecule has 0 aliphatic carbocycles. The zero-order valence-electron chi connectivity index (χ0n) is 20.6. The molecule has 7 nitrogen and oxygen atoms in total. The number of hydrogen-bond acceptors (Lipinski definition) is 4. The molecule has 0 spiro atoms. The Hall–Kier alpha value is -4.13. The van der Waals surface area contributed by atoms with Crippen LogP contribution >= 0.6 is 0 Å². The summed E-state index contributed by atoms with van der Waals surface area (Å²) in [6, 6.07) is 24.7. The molecule has 0 saturated heterocycles. The number of fused-ring (bicyclic) bond motifs is 1. The first-order valence-corrected chi connectivity index (χ1v) is 12.1. The number of hydrogen-bond donors (Lipinski definition) is 1. The molecule has 7 heteroatoms. The Kier molecular flexibility index (Phi) is 8.00. The van der Waals surface area contributed by atoms with E-state index in [2.05, 4.69) is 5.32 Å². The fourth-order valence-corrected chi connectivity index (χ4v) is 4.52. The highest BCUT2D eigenvalue weighted by Crippen LogP contribution is 2.29. The summed E-state index contributed by atoms with van der Waals surface area (Å²) in [5.41, 5.74) is 3.29. The Bertz CT molecular complexity index is 1230. The molecule has 0 saturated carbocycles. The van der Waals surface area contributed by atoms with Gasteiger partial charge in [-0.3, -0.25) is 14.4 Å². The summed E-state index contributed by atoms with van der Waals surface area (Å²) in [6.07, 6.45) is 0.700. The van der Waals surface area contributed by atoms with Gasteiger partial charge in [0.2, 0.25) is 17.7 Å². The average Bonchev–Trinajstić information content (AvgIpc) is 2.90. The van der Waals surface area contributed by atoms with Crippen LogP contribution in [0, 0.1) is 0 Å². The van der Waals surface area contributed by atoms with Crippen LogP contribution in [0.3, 0.4) is 0 Å². The normalized spacial score (nSPS) is 13.4. The van der Waals surface area contributed by atoms with Gasteiger partial charge in [-0.2, -0.15) is 0 Å². The van der Waals surface area contributed by atoms with E-state index >= 15 is 0 Å². The van der Waals surface area contributed by atoms with Crippen molar-refractivity contribution in [1.29, 1.82) is 0 Å². The maximum absolute atomic E-state index is 13.5. The molecular weight excluding hydrogens is 454 g/mol. The molecule has 1 atom stereocenters. The average molecular weight is 486 g/mol. The Morgan fingerprint density at radius 2 is 1.67 bits per heavy atom. The second kappa shape index (κ2) is 11.5. The summed E-state index contributed by atoms with van der Waals surface area (Å²) >= 11 is 0. The summed E-state index contributed by atoms with van der Waals surface area (Å²) in [5.74, 6) is 0.185. The largest absolute Gasteiger partial charge is 0.496 e. The predicted molar refractivity (Wildman–Crippen MR) is 140 cm³/mol. The van der Waals surface area contributed by atoms with Gasteiger partial charge in [0.05, 0.1) is 18.5 Å². The molecule has 1 unspecified atom stereocenters. The number of anilines is 2. The SMILES string of the molecule is COc1ccccc1CC(C)N(Cc1ccccc1)C(=O)CCC(=O)N1CC(=O)Nc2ccccc21. The lowest BCUT2D eigenvalue weighted by Gasteiger charge is -2.31. The van der Waals surface area contributed by atoms with Gasteiger partial charge in [0, 0.05) is 25.4 Å². The molecule has 186 valence electrons. The Morgan fingerprint density at radius 1 is 0.972 bits per heavy atom. The lowest BCUT2D eigenvalue weighted by Crippen LogP contribution is -2.43. The third-order valence-electron chi connectivity index (χ3n) is 6.38. The maximum atomic E-state index is 13.5. The van der Waals surface area contributed by atoms with E-state index in [1.807, 2.05) is 72.5 Å². The molecule has 0 radical (unpaired) electrons. The summed E-state index contributed by atoms with van der Waals surface area (Å²) < 4.78 is 5.50. The molecule has 3 amide bonds. The van der Waals surface area contributed by atoms with Gasteiger partial charge in [-0.15, -0.1) is 0 Å². The third kappa shape index (κ3) is 5.92. The highest BCUT2D eigenvalue weighted by Gasteiger charge is 2.28. The molecule has 3 aromatic rings. The van der Waals surface area contributed by atoms with Crippen molar-refractivity contribution < 1.29 is 19.1 Å². The molecule has 0 fully saturated rings. The summed E-state index contributed by atoms with van der Waals surface area (Å²) in [4.78, 5) is 42.0. The standard InChI is InChI=1S/C29H31N3O4/c1-21(18-23-12-6-9-15-26(23)36-2)31(19-22-10-4-3-5-11-22)28(34)16-17-29(35)32-20-27(33)30-24-13-7-8-14-25(24)32/h3-15,21H,16-20H2,1-2H3,(H,30,33). The number of nitrogens with zero attached hydrogens (tertiary/aromatic N) is 2. The summed E-state index contributed by atoms with van der Waals surface area (Å²) in [7, 11) is 1.64. The number of para-hydroxylation sites is 3. The number of benzene rings is 3. The van der Waals surface area contributed by atoms with Crippen LogP contribution < -0.4 is 15.0 Å². The zero-order valence-corrected chi connectivity index (χ0v) is 20.6. The molecule has 3 aromatic carbocycles. The summed E-state index contributed by atoms with van der Waals surface area (Å²) in [6.45, 7) is 2.40. The quantitative estimate of drug-likeness (QED) is 0.487. The first-order valence-electron chi connectivity index (χ1n) is 12.1. The van der Waals surface area contributed by atoms with E-state index in [-0.39, 0.29) is 43.1 Å². The fraction of sp³-hybridized carbons (Fsp3) is 0.276. The molecule has 1 aliphatic rings. The van der Waals surface area contributed by atoms with Crippen LogP contribution in [0.15, 0.2) is 78.9 Å². The highest BCUT2D eigenvalue weighted by atomic mass is 16.5. The zero-order chi connectivity index (χ0) is 25.5. The van der Waals surface area contributed by atoms with Crippen LogP contribution in [0.2, 0.25) is 0 Å². The van der Waals surface area contributed by atoms with Crippen molar-refractivity contribution in [2.75, 3.05) is 23.9 Å². The first-order chi connectivity index (χ1) is 17.5. The molecule has 1 heterocycles. The maximum Gasteiger partial charge on any atom is 0.244 e. The Morgan fingerprint density at radius 3 is 2.44 bits per heavy atom. The van der Waals surface area contributed by atoms with Gasteiger partial charge in [0.15, 0.2) is 0 Å². The van der Waals surface area contributed by atoms with E-state index in [1.54, 1.807) is 25.3 Å². The van der Waals surface area contributed by atoms with Crippen LogP contribution in [0.25, 0.3) is 0 Å². The number of carbonyl (C=O) groups excluding carboxylic acids is 3. The smallest absolute Gasteiger partial charge is 0.244 e. The van der Waals surface area contributed by atoms with Crippen LogP contribution in [-0.2, 0) is 27.3 Å². The van der Waals surface area contributed by atoms with Crippen LogP contribution in [0.5, 0.6) is 5.75 Å². The number of amides is 3. The number of nitrogens with one attached hydrogen (secondary N) is 1. The number of ether oxygens (including phenoxy) is 1. The van der Waals surface area contributed by atoms with Gasteiger partial charge in [-0.25, -0.2) is 0 Å². The van der Waals surface area contributed by atoms with Gasteiger partial charge >= 0.3 is 0 Å². The monoisotopic (exact) mass is 485 g/mol. The van der Waals surface area contributed by atoms with Crippen molar-refractivity contribution in [3.63, 3.8) is 0 Å². The van der Waals surface area contributed by atoms with Crippen molar-refractivity contribution in [2.45, 2.75) is 38.8 Å². The first kappa shape index (κ1) is 25.0. The second-order valence-electron chi connectivity index (χ2n) is 8.92. The Labute approximate surface area is 211 Å². The molecule has 1 aliphatic heterocycles. The van der Waals surface area contributed by atoms with Gasteiger partial charge < -0.3 is 19.9 Å². The predicted octanol–water partition coefficient (Wildman–Crippen LogP) is 4.42. The summed E-state index contributed by atoms with van der Waals surface area (Å²) in [5, 5.41) is 2.78. The number of carbonyl (C=O) groups is 3. The van der Waals surface area contributed by atoms with E-state index in [9.17, 15) is 14.4 Å². The number of rotatable bonds is 9. The van der Waals surface area contributed by atoms with Crippen molar-refractivity contribution in [3.8, 4) is 5.75 Å². The van der Waals surface area contributed by atoms with E-state index in [4.69, 9.17) is 4.74 Å². The molecule has 4 rings (SSSR count). The van der Waals surface area contributed by atoms with Crippen LogP contribution in [0.4, 0.5) is 11.4 Å². The highest BCUT2D eigenvalue weighted by molar-refractivity contribution is 6.10. The molecular formula is C29H31N3O4. The molecule has 0 aromatic heterocycles. The van der Waals surface area contributed by atoms with Crippen molar-refractivity contribution >= 4 is 29.1 Å². The lowest BCUT2D eigenvalue weighted by molar-refractivity contribution is -0.135. The van der Waals surface area contributed by atoms with Gasteiger partial charge in [0.1, 0.15) is 12.3 Å². The fourth-order valence-electron chi connectivity index (χ4n) is 4.52. The van der Waals surface area contributed by atoms with Crippen molar-refractivity contribution in [1.82, 2.24) is 4.90 Å².